The van der Waals surface area contributed by atoms with Gasteiger partial charge in [0.05, 0.1) is 16.5 Å². The maximum absolute atomic E-state index is 12.6. The largest absolute Gasteiger partial charge is 0.452 e. The number of halogens is 1. The van der Waals surface area contributed by atoms with Crippen LogP contribution in [0, 0.1) is 11.3 Å². The summed E-state index contributed by atoms with van der Waals surface area (Å²) in [4.78, 5) is 24.3. The van der Waals surface area contributed by atoms with Gasteiger partial charge < -0.3 is 10.1 Å². The van der Waals surface area contributed by atoms with Gasteiger partial charge in [-0.15, -0.1) is 0 Å². The molecule has 1 amide bonds. The molecule has 1 saturated carbocycles. The highest BCUT2D eigenvalue weighted by Gasteiger charge is 2.35. The van der Waals surface area contributed by atoms with E-state index < -0.39 is 34.0 Å². The van der Waals surface area contributed by atoms with Gasteiger partial charge in [0.15, 0.2) is 6.61 Å². The lowest BCUT2D eigenvalue weighted by Crippen LogP contribution is -2.46. The van der Waals surface area contributed by atoms with Gasteiger partial charge in [0, 0.05) is 10.7 Å². The summed E-state index contributed by atoms with van der Waals surface area (Å²) < 4.78 is 32.6. The number of ether oxygens (including phenoxy) is 1. The van der Waals surface area contributed by atoms with Crippen LogP contribution >= 0.6 is 11.6 Å². The van der Waals surface area contributed by atoms with Crippen LogP contribution in [0.3, 0.4) is 0 Å². The molecule has 0 radical (unpaired) electrons. The maximum Gasteiger partial charge on any atom is 0.338 e. The van der Waals surface area contributed by atoms with Crippen molar-refractivity contribution < 1.29 is 22.7 Å². The molecular formula is C21H20ClN3O5S. The third-order valence-electron chi connectivity index (χ3n) is 4.86. The zero-order chi connectivity index (χ0) is 22.5. The van der Waals surface area contributed by atoms with E-state index in [1.165, 1.54) is 30.3 Å². The van der Waals surface area contributed by atoms with Crippen LogP contribution in [-0.4, -0.2) is 32.4 Å². The molecule has 0 spiro atoms. The van der Waals surface area contributed by atoms with E-state index >= 15 is 0 Å². The van der Waals surface area contributed by atoms with Crippen molar-refractivity contribution in [3.63, 3.8) is 0 Å². The Morgan fingerprint density at radius 2 is 1.81 bits per heavy atom. The lowest BCUT2D eigenvalue weighted by atomic mass is 10.00. The Morgan fingerprint density at radius 1 is 1.13 bits per heavy atom. The summed E-state index contributed by atoms with van der Waals surface area (Å²) in [5.41, 5.74) is -0.625. The van der Waals surface area contributed by atoms with E-state index in [4.69, 9.17) is 16.3 Å². The van der Waals surface area contributed by atoms with Crippen molar-refractivity contribution in [2.45, 2.75) is 36.1 Å². The average molecular weight is 462 g/mol. The number of hydrogen-bond donors (Lipinski definition) is 2. The zero-order valence-corrected chi connectivity index (χ0v) is 18.0. The van der Waals surface area contributed by atoms with Gasteiger partial charge in [0.1, 0.15) is 5.54 Å². The molecule has 1 fully saturated rings. The maximum atomic E-state index is 12.6. The predicted octanol–water partition coefficient (Wildman–Crippen LogP) is 3.25. The minimum absolute atomic E-state index is 0.0253. The molecule has 2 N–H and O–H groups in total. The van der Waals surface area contributed by atoms with E-state index in [1.807, 2.05) is 0 Å². The van der Waals surface area contributed by atoms with Gasteiger partial charge in [-0.05, 0) is 68.1 Å². The number of benzene rings is 2. The first kappa shape index (κ1) is 22.6. The highest BCUT2D eigenvalue weighted by molar-refractivity contribution is 7.92. The molecule has 31 heavy (non-hydrogen) atoms. The van der Waals surface area contributed by atoms with Gasteiger partial charge in [-0.3, -0.25) is 9.52 Å². The smallest absolute Gasteiger partial charge is 0.338 e. The number of rotatable bonds is 7. The molecule has 3 rings (SSSR count). The molecule has 0 atom stereocenters. The van der Waals surface area contributed by atoms with Crippen molar-refractivity contribution in [3.05, 3.63) is 59.1 Å². The third-order valence-corrected chi connectivity index (χ3v) is 6.49. The van der Waals surface area contributed by atoms with Gasteiger partial charge in [0.2, 0.25) is 0 Å². The van der Waals surface area contributed by atoms with Crippen molar-refractivity contribution in [2.75, 3.05) is 11.3 Å². The zero-order valence-electron chi connectivity index (χ0n) is 16.4. The Morgan fingerprint density at radius 3 is 2.45 bits per heavy atom. The minimum Gasteiger partial charge on any atom is -0.452 e. The number of sulfonamides is 1. The van der Waals surface area contributed by atoms with E-state index in [2.05, 4.69) is 16.1 Å². The van der Waals surface area contributed by atoms with Crippen molar-refractivity contribution in [2.24, 2.45) is 0 Å². The number of hydrogen-bond acceptors (Lipinski definition) is 6. The summed E-state index contributed by atoms with van der Waals surface area (Å²) in [6.07, 6.45) is 2.81. The summed E-state index contributed by atoms with van der Waals surface area (Å²) in [6.45, 7) is -0.567. The topological polar surface area (TPSA) is 125 Å². The molecule has 1 aliphatic rings. The summed E-state index contributed by atoms with van der Waals surface area (Å²) >= 11 is 5.80. The van der Waals surface area contributed by atoms with Crippen LogP contribution in [0.25, 0.3) is 0 Å². The Balaban J connectivity index is 1.63. The fourth-order valence-corrected chi connectivity index (χ4v) is 4.51. The van der Waals surface area contributed by atoms with Crippen LogP contribution in [0.4, 0.5) is 5.69 Å². The standard InChI is InChI=1S/C21H20ClN3O5S/c22-16-6-8-17(9-7-16)25-31(28,29)18-5-3-4-15(12-18)20(27)30-13-19(26)24-21(14-23)10-1-2-11-21/h3-9,12,25H,1-2,10-11,13H2,(H,24,26). The van der Waals surface area contributed by atoms with Gasteiger partial charge in [-0.1, -0.05) is 17.7 Å². The number of carbonyl (C=O) groups is 2. The van der Waals surface area contributed by atoms with Crippen molar-refractivity contribution in [1.29, 1.82) is 5.26 Å². The summed E-state index contributed by atoms with van der Waals surface area (Å²) in [5.74, 6) is -1.43. The predicted molar refractivity (Wildman–Crippen MR) is 114 cm³/mol. The molecule has 162 valence electrons. The Bertz CT molecular complexity index is 1120. The molecule has 0 bridgehead atoms. The number of anilines is 1. The normalized spacial score (nSPS) is 15.0. The van der Waals surface area contributed by atoms with Gasteiger partial charge in [-0.25, -0.2) is 13.2 Å². The minimum atomic E-state index is -3.96. The van der Waals surface area contributed by atoms with Crippen molar-refractivity contribution in [3.8, 4) is 6.07 Å². The molecule has 0 unspecified atom stereocenters. The second-order valence-corrected chi connectivity index (χ2v) is 9.28. The molecule has 2 aromatic rings. The van der Waals surface area contributed by atoms with Crippen LogP contribution in [0.2, 0.25) is 5.02 Å². The lowest BCUT2D eigenvalue weighted by Gasteiger charge is -2.21. The van der Waals surface area contributed by atoms with Crippen LogP contribution < -0.4 is 10.0 Å². The molecule has 0 saturated heterocycles. The van der Waals surface area contributed by atoms with Gasteiger partial charge in [0.25, 0.3) is 15.9 Å². The fourth-order valence-electron chi connectivity index (χ4n) is 3.28. The van der Waals surface area contributed by atoms with Crippen LogP contribution in [-0.2, 0) is 19.6 Å². The SMILES string of the molecule is N#CC1(NC(=O)COC(=O)c2cccc(S(=O)(=O)Nc3ccc(Cl)cc3)c2)CCCC1. The highest BCUT2D eigenvalue weighted by Crippen LogP contribution is 2.28. The fraction of sp³-hybridized carbons (Fsp3) is 0.286. The van der Waals surface area contributed by atoms with E-state index in [9.17, 15) is 23.3 Å². The van der Waals surface area contributed by atoms with E-state index in [1.54, 1.807) is 12.1 Å². The molecule has 0 aliphatic heterocycles. The monoisotopic (exact) mass is 461 g/mol. The number of nitriles is 1. The molecule has 1 aliphatic carbocycles. The number of carbonyl (C=O) groups excluding carboxylic acids is 2. The number of amides is 1. The van der Waals surface area contributed by atoms with E-state index in [0.29, 0.717) is 23.6 Å². The number of esters is 1. The van der Waals surface area contributed by atoms with Gasteiger partial charge >= 0.3 is 5.97 Å². The average Bonchev–Trinajstić information content (AvgIpc) is 3.22. The van der Waals surface area contributed by atoms with Crippen LogP contribution in [0.5, 0.6) is 0 Å². The second kappa shape index (κ2) is 9.37. The Kier molecular flexibility index (Phi) is 6.83. The van der Waals surface area contributed by atoms with E-state index in [0.717, 1.165) is 18.9 Å². The molecular weight excluding hydrogens is 442 g/mol. The van der Waals surface area contributed by atoms with Crippen molar-refractivity contribution >= 4 is 39.2 Å². The molecule has 10 heteroatoms. The Hall–Kier alpha value is -3.09. The van der Waals surface area contributed by atoms with Crippen LogP contribution in [0.15, 0.2) is 53.4 Å². The first-order chi connectivity index (χ1) is 14.7. The first-order valence-electron chi connectivity index (χ1n) is 9.51. The summed E-state index contributed by atoms with van der Waals surface area (Å²) in [7, 11) is -3.96. The second-order valence-electron chi connectivity index (χ2n) is 7.17. The number of nitrogens with zero attached hydrogens (tertiary/aromatic N) is 1. The first-order valence-corrected chi connectivity index (χ1v) is 11.4. The highest BCUT2D eigenvalue weighted by atomic mass is 35.5. The number of nitrogens with one attached hydrogen (secondary N) is 2. The molecule has 2 aromatic carbocycles. The summed E-state index contributed by atoms with van der Waals surface area (Å²) in [5, 5.41) is 12.4. The molecule has 0 aromatic heterocycles. The third kappa shape index (κ3) is 5.75. The van der Waals surface area contributed by atoms with Crippen LogP contribution in [0.1, 0.15) is 36.0 Å². The van der Waals surface area contributed by atoms with Gasteiger partial charge in [-0.2, -0.15) is 5.26 Å². The lowest BCUT2D eigenvalue weighted by molar-refractivity contribution is -0.125. The van der Waals surface area contributed by atoms with Crippen molar-refractivity contribution in [1.82, 2.24) is 5.32 Å². The summed E-state index contributed by atoms with van der Waals surface area (Å²) in [6, 6.07) is 13.5. The molecule has 8 nitrogen and oxygen atoms in total. The molecule has 0 heterocycles. The van der Waals surface area contributed by atoms with E-state index in [-0.39, 0.29) is 10.5 Å². The Labute approximate surface area is 185 Å². The quantitative estimate of drug-likeness (QED) is 0.609.